The third-order valence-electron chi connectivity index (χ3n) is 3.80. The summed E-state index contributed by atoms with van der Waals surface area (Å²) >= 11 is 0. The summed E-state index contributed by atoms with van der Waals surface area (Å²) in [5, 5.41) is 14.2. The van der Waals surface area contributed by atoms with Crippen molar-refractivity contribution in [3.63, 3.8) is 0 Å². The van der Waals surface area contributed by atoms with Crippen molar-refractivity contribution in [1.29, 1.82) is 0 Å². The lowest BCUT2D eigenvalue weighted by molar-refractivity contribution is 0.0697. The number of hydrogen-bond acceptors (Lipinski definition) is 2. The SMILES string of the molecule is C/C(=C\NC(=O)Nc1cccc(C(=O)O)c1)C1CCCC1. The van der Waals surface area contributed by atoms with Gasteiger partial charge < -0.3 is 15.7 Å². The van der Waals surface area contributed by atoms with Crippen LogP contribution in [0.25, 0.3) is 0 Å². The van der Waals surface area contributed by atoms with Gasteiger partial charge in [0.25, 0.3) is 0 Å². The van der Waals surface area contributed by atoms with E-state index in [0.717, 1.165) is 0 Å². The van der Waals surface area contributed by atoms with Crippen LogP contribution in [0.3, 0.4) is 0 Å². The fourth-order valence-corrected chi connectivity index (χ4v) is 2.58. The first-order chi connectivity index (χ1) is 10.1. The number of aromatic carboxylic acids is 1. The highest BCUT2D eigenvalue weighted by atomic mass is 16.4. The number of carboxylic acid groups (broad SMARTS) is 1. The zero-order valence-electron chi connectivity index (χ0n) is 12.1. The Hall–Kier alpha value is -2.30. The monoisotopic (exact) mass is 288 g/mol. The molecule has 0 aromatic heterocycles. The molecule has 1 aliphatic rings. The predicted octanol–water partition coefficient (Wildman–Crippen LogP) is 3.60. The maximum absolute atomic E-state index is 11.8. The first-order valence-electron chi connectivity index (χ1n) is 7.14. The zero-order chi connectivity index (χ0) is 15.2. The lowest BCUT2D eigenvalue weighted by Gasteiger charge is -2.10. The Labute approximate surface area is 124 Å². The van der Waals surface area contributed by atoms with Gasteiger partial charge in [-0.2, -0.15) is 0 Å². The molecule has 5 nitrogen and oxygen atoms in total. The van der Waals surface area contributed by atoms with Crippen molar-refractivity contribution in [1.82, 2.24) is 5.32 Å². The van der Waals surface area contributed by atoms with E-state index in [0.29, 0.717) is 11.6 Å². The first kappa shape index (κ1) is 15.1. The van der Waals surface area contributed by atoms with Crippen LogP contribution in [0.5, 0.6) is 0 Å². The fraction of sp³-hybridized carbons (Fsp3) is 0.375. The Morgan fingerprint density at radius 3 is 2.67 bits per heavy atom. The second kappa shape index (κ2) is 6.92. The van der Waals surface area contributed by atoms with Gasteiger partial charge in [0.05, 0.1) is 5.56 Å². The third kappa shape index (κ3) is 4.34. The van der Waals surface area contributed by atoms with Crippen molar-refractivity contribution < 1.29 is 14.7 Å². The molecule has 0 heterocycles. The van der Waals surface area contributed by atoms with Gasteiger partial charge in [-0.15, -0.1) is 0 Å². The Balaban J connectivity index is 1.91. The summed E-state index contributed by atoms with van der Waals surface area (Å²) in [5.41, 5.74) is 1.78. The van der Waals surface area contributed by atoms with E-state index in [1.807, 2.05) is 6.92 Å². The summed E-state index contributed by atoms with van der Waals surface area (Å²) in [6.45, 7) is 2.03. The number of hydrogen-bond donors (Lipinski definition) is 3. The van der Waals surface area contributed by atoms with Gasteiger partial charge in [-0.25, -0.2) is 9.59 Å². The van der Waals surface area contributed by atoms with Crippen LogP contribution in [0.2, 0.25) is 0 Å². The molecule has 0 radical (unpaired) electrons. The molecule has 1 aliphatic carbocycles. The minimum Gasteiger partial charge on any atom is -0.478 e. The Bertz CT molecular complexity index is 560. The molecule has 1 saturated carbocycles. The molecule has 0 saturated heterocycles. The molecule has 5 heteroatoms. The van der Waals surface area contributed by atoms with Gasteiger partial charge in [0.15, 0.2) is 0 Å². The van der Waals surface area contributed by atoms with E-state index in [1.54, 1.807) is 18.3 Å². The first-order valence-corrected chi connectivity index (χ1v) is 7.14. The molecule has 3 N–H and O–H groups in total. The molecule has 0 unspecified atom stereocenters. The van der Waals surface area contributed by atoms with Crippen molar-refractivity contribution in [3.8, 4) is 0 Å². The Morgan fingerprint density at radius 1 is 1.29 bits per heavy atom. The van der Waals surface area contributed by atoms with Crippen LogP contribution < -0.4 is 10.6 Å². The molecule has 1 aromatic rings. The standard InChI is InChI=1S/C16H20N2O3/c1-11(12-5-2-3-6-12)10-17-16(21)18-14-8-4-7-13(9-14)15(19)20/h4,7-10,12H,2-3,5-6H2,1H3,(H,19,20)(H2,17,18,21)/b11-10+. The number of amides is 2. The predicted molar refractivity (Wildman–Crippen MR) is 81.3 cm³/mol. The summed E-state index contributed by atoms with van der Waals surface area (Å²) in [6, 6.07) is 5.79. The highest BCUT2D eigenvalue weighted by Gasteiger charge is 2.16. The molecule has 0 spiro atoms. The minimum absolute atomic E-state index is 0.144. The molecule has 2 rings (SSSR count). The summed E-state index contributed by atoms with van der Waals surface area (Å²) in [7, 11) is 0. The van der Waals surface area contributed by atoms with Crippen LogP contribution in [0.15, 0.2) is 36.0 Å². The largest absolute Gasteiger partial charge is 0.478 e. The van der Waals surface area contributed by atoms with E-state index in [4.69, 9.17) is 5.11 Å². The van der Waals surface area contributed by atoms with E-state index in [9.17, 15) is 9.59 Å². The molecule has 1 fully saturated rings. The maximum atomic E-state index is 11.8. The molecule has 0 bridgehead atoms. The molecular formula is C16H20N2O3. The molecule has 2 amide bonds. The topological polar surface area (TPSA) is 78.4 Å². The van der Waals surface area contributed by atoms with Gasteiger partial charge in [-0.05, 0) is 43.9 Å². The zero-order valence-corrected chi connectivity index (χ0v) is 12.1. The number of urea groups is 1. The number of carbonyl (C=O) groups excluding carboxylic acids is 1. The lowest BCUT2D eigenvalue weighted by atomic mass is 10.0. The number of anilines is 1. The van der Waals surface area contributed by atoms with Crippen LogP contribution in [0.4, 0.5) is 10.5 Å². The lowest BCUT2D eigenvalue weighted by Crippen LogP contribution is -2.24. The van der Waals surface area contributed by atoms with Crippen molar-refractivity contribution >= 4 is 17.7 Å². The summed E-state index contributed by atoms with van der Waals surface area (Å²) in [4.78, 5) is 22.7. The number of allylic oxidation sites excluding steroid dienone is 1. The van der Waals surface area contributed by atoms with E-state index < -0.39 is 5.97 Å². The van der Waals surface area contributed by atoms with Crippen LogP contribution in [0, 0.1) is 5.92 Å². The van der Waals surface area contributed by atoms with Crippen LogP contribution in [-0.4, -0.2) is 17.1 Å². The number of carbonyl (C=O) groups is 2. The van der Waals surface area contributed by atoms with E-state index >= 15 is 0 Å². The van der Waals surface area contributed by atoms with Gasteiger partial charge in [-0.1, -0.05) is 24.5 Å². The normalized spacial score (nSPS) is 15.8. The summed E-state index contributed by atoms with van der Waals surface area (Å²) in [5.74, 6) is -0.448. The number of benzene rings is 1. The van der Waals surface area contributed by atoms with Crippen molar-refractivity contribution in [3.05, 3.63) is 41.6 Å². The fourth-order valence-electron chi connectivity index (χ4n) is 2.58. The molecule has 112 valence electrons. The maximum Gasteiger partial charge on any atom is 0.335 e. The number of nitrogens with one attached hydrogen (secondary N) is 2. The highest BCUT2D eigenvalue weighted by molar-refractivity contribution is 5.93. The van der Waals surface area contributed by atoms with Gasteiger partial charge in [0, 0.05) is 11.9 Å². The second-order valence-electron chi connectivity index (χ2n) is 5.35. The van der Waals surface area contributed by atoms with Crippen LogP contribution in [0.1, 0.15) is 43.0 Å². The quantitative estimate of drug-likeness (QED) is 0.792. The highest BCUT2D eigenvalue weighted by Crippen LogP contribution is 2.30. The van der Waals surface area contributed by atoms with Crippen LogP contribution >= 0.6 is 0 Å². The number of carboxylic acids is 1. The van der Waals surface area contributed by atoms with Crippen molar-refractivity contribution in [2.24, 2.45) is 5.92 Å². The molecule has 0 aliphatic heterocycles. The Kier molecular flexibility index (Phi) is 4.98. The van der Waals surface area contributed by atoms with Crippen molar-refractivity contribution in [2.75, 3.05) is 5.32 Å². The molecule has 1 aromatic carbocycles. The Morgan fingerprint density at radius 2 is 2.00 bits per heavy atom. The minimum atomic E-state index is -1.02. The summed E-state index contributed by atoms with van der Waals surface area (Å²) in [6.07, 6.45) is 6.62. The second-order valence-corrected chi connectivity index (χ2v) is 5.35. The van der Waals surface area contributed by atoms with Crippen molar-refractivity contribution in [2.45, 2.75) is 32.6 Å². The summed E-state index contributed by atoms with van der Waals surface area (Å²) < 4.78 is 0. The average molecular weight is 288 g/mol. The van der Waals surface area contributed by atoms with Gasteiger partial charge >= 0.3 is 12.0 Å². The molecular weight excluding hydrogens is 268 g/mol. The van der Waals surface area contributed by atoms with Gasteiger partial charge in [0.1, 0.15) is 0 Å². The van der Waals surface area contributed by atoms with E-state index in [2.05, 4.69) is 10.6 Å². The van der Waals surface area contributed by atoms with Gasteiger partial charge in [0.2, 0.25) is 0 Å². The van der Waals surface area contributed by atoms with E-state index in [-0.39, 0.29) is 11.6 Å². The average Bonchev–Trinajstić information content (AvgIpc) is 2.99. The van der Waals surface area contributed by atoms with Crippen LogP contribution in [-0.2, 0) is 0 Å². The van der Waals surface area contributed by atoms with Gasteiger partial charge in [-0.3, -0.25) is 0 Å². The molecule has 21 heavy (non-hydrogen) atoms. The van der Waals surface area contributed by atoms with E-state index in [1.165, 1.54) is 43.4 Å². The third-order valence-corrected chi connectivity index (χ3v) is 3.80. The number of rotatable bonds is 4. The molecule has 0 atom stereocenters. The smallest absolute Gasteiger partial charge is 0.335 e.